The predicted molar refractivity (Wildman–Crippen MR) is 95.9 cm³/mol. The Balaban J connectivity index is 2.05. The first kappa shape index (κ1) is 21.0. The summed E-state index contributed by atoms with van der Waals surface area (Å²) in [5.41, 5.74) is 0. The number of unbranched alkanes of at least 4 members (excludes halogenated alkanes) is 7. The molecule has 0 bridgehead atoms. The summed E-state index contributed by atoms with van der Waals surface area (Å²) in [5.74, 6) is -1.22. The minimum absolute atomic E-state index is 0.0187. The molecule has 1 atom stereocenters. The van der Waals surface area contributed by atoms with Crippen LogP contribution >= 0.6 is 0 Å². The van der Waals surface area contributed by atoms with Gasteiger partial charge >= 0.3 is 11.9 Å². The normalized spacial score (nSPS) is 22.1. The van der Waals surface area contributed by atoms with Crippen LogP contribution in [-0.2, 0) is 14.3 Å². The van der Waals surface area contributed by atoms with Gasteiger partial charge in [0.1, 0.15) is 0 Å². The molecule has 0 aromatic heterocycles. The predicted octanol–water partition coefficient (Wildman–Crippen LogP) is 5.34. The monoisotopic (exact) mass is 340 g/mol. The van der Waals surface area contributed by atoms with Crippen LogP contribution in [0.25, 0.3) is 0 Å². The van der Waals surface area contributed by atoms with Crippen molar-refractivity contribution < 1.29 is 19.4 Å². The van der Waals surface area contributed by atoms with E-state index in [1.807, 2.05) is 6.92 Å². The summed E-state index contributed by atoms with van der Waals surface area (Å²) < 4.78 is 5.56. The van der Waals surface area contributed by atoms with E-state index in [1.54, 1.807) is 0 Å². The first-order valence-electron chi connectivity index (χ1n) is 9.97. The molecule has 0 radical (unpaired) electrons. The molecule has 0 amide bonds. The van der Waals surface area contributed by atoms with Crippen molar-refractivity contribution in [3.05, 3.63) is 0 Å². The van der Waals surface area contributed by atoms with Gasteiger partial charge in [0.2, 0.25) is 0 Å². The molecule has 4 nitrogen and oxygen atoms in total. The maximum absolute atomic E-state index is 12.2. The van der Waals surface area contributed by atoms with Crippen molar-refractivity contribution in [2.24, 2.45) is 11.8 Å². The number of hydrogen-bond acceptors (Lipinski definition) is 3. The van der Waals surface area contributed by atoms with Crippen molar-refractivity contribution in [3.8, 4) is 0 Å². The van der Waals surface area contributed by atoms with Gasteiger partial charge in [0, 0.05) is 0 Å². The van der Waals surface area contributed by atoms with Crippen molar-refractivity contribution >= 4 is 11.9 Å². The van der Waals surface area contributed by atoms with E-state index < -0.39 is 5.97 Å². The number of aliphatic carboxylic acids is 1. The molecule has 24 heavy (non-hydrogen) atoms. The van der Waals surface area contributed by atoms with Crippen LogP contribution in [0.3, 0.4) is 0 Å². The maximum Gasteiger partial charge on any atom is 0.309 e. The van der Waals surface area contributed by atoms with Gasteiger partial charge in [-0.05, 0) is 45.4 Å². The van der Waals surface area contributed by atoms with E-state index in [1.165, 1.54) is 44.9 Å². The fourth-order valence-electron chi connectivity index (χ4n) is 3.50. The molecular weight excluding hydrogens is 304 g/mol. The first-order valence-corrected chi connectivity index (χ1v) is 9.97. The van der Waals surface area contributed by atoms with Gasteiger partial charge in [0.15, 0.2) is 0 Å². The van der Waals surface area contributed by atoms with E-state index in [-0.39, 0.29) is 23.9 Å². The third-order valence-electron chi connectivity index (χ3n) is 5.19. The maximum atomic E-state index is 12.2. The Hall–Kier alpha value is -1.06. The van der Waals surface area contributed by atoms with E-state index in [0.717, 1.165) is 12.8 Å². The Morgan fingerprint density at radius 1 is 0.917 bits per heavy atom. The molecule has 1 aliphatic carbocycles. The summed E-state index contributed by atoms with van der Waals surface area (Å²) in [6.45, 7) is 4.21. The number of carbonyl (C=O) groups is 2. The number of hydrogen-bond donors (Lipinski definition) is 1. The van der Waals surface area contributed by atoms with Crippen LogP contribution in [0.5, 0.6) is 0 Å². The van der Waals surface area contributed by atoms with E-state index in [0.29, 0.717) is 25.7 Å². The smallest absolute Gasteiger partial charge is 0.309 e. The minimum atomic E-state index is -0.732. The van der Waals surface area contributed by atoms with Crippen LogP contribution in [0.2, 0.25) is 0 Å². The van der Waals surface area contributed by atoms with Crippen molar-refractivity contribution in [3.63, 3.8) is 0 Å². The Labute approximate surface area is 147 Å². The van der Waals surface area contributed by atoms with Crippen molar-refractivity contribution in [2.45, 2.75) is 103 Å². The Bertz CT molecular complexity index is 359. The quantitative estimate of drug-likeness (QED) is 0.385. The Morgan fingerprint density at radius 2 is 1.42 bits per heavy atom. The molecule has 1 aliphatic rings. The minimum Gasteiger partial charge on any atom is -0.481 e. The molecule has 0 saturated heterocycles. The first-order chi connectivity index (χ1) is 11.5. The molecule has 1 rings (SSSR count). The second kappa shape index (κ2) is 12.3. The summed E-state index contributed by atoms with van der Waals surface area (Å²) in [4.78, 5) is 23.1. The highest BCUT2D eigenvalue weighted by atomic mass is 16.5. The largest absolute Gasteiger partial charge is 0.481 e. The van der Waals surface area contributed by atoms with Crippen molar-refractivity contribution in [1.82, 2.24) is 0 Å². The summed E-state index contributed by atoms with van der Waals surface area (Å²) in [6.07, 6.45) is 13.7. The summed E-state index contributed by atoms with van der Waals surface area (Å²) >= 11 is 0. The van der Waals surface area contributed by atoms with Crippen molar-refractivity contribution in [2.75, 3.05) is 0 Å². The third kappa shape index (κ3) is 8.70. The lowest BCUT2D eigenvalue weighted by atomic mass is 9.82. The van der Waals surface area contributed by atoms with Gasteiger partial charge in [-0.1, -0.05) is 51.9 Å². The van der Waals surface area contributed by atoms with Crippen LogP contribution < -0.4 is 0 Å². The average molecular weight is 341 g/mol. The number of esters is 1. The average Bonchev–Trinajstić information content (AvgIpc) is 2.57. The zero-order valence-corrected chi connectivity index (χ0v) is 15.6. The lowest BCUT2D eigenvalue weighted by molar-refractivity contribution is -0.156. The number of carbonyl (C=O) groups excluding carboxylic acids is 1. The van der Waals surface area contributed by atoms with Gasteiger partial charge in [-0.2, -0.15) is 0 Å². The second-order valence-corrected chi connectivity index (χ2v) is 7.40. The number of carboxylic acid groups (broad SMARTS) is 1. The van der Waals surface area contributed by atoms with Crippen LogP contribution in [0.1, 0.15) is 97.3 Å². The molecule has 1 unspecified atom stereocenters. The molecule has 0 aliphatic heterocycles. The highest BCUT2D eigenvalue weighted by molar-refractivity contribution is 5.74. The number of ether oxygens (including phenoxy) is 1. The molecule has 1 fully saturated rings. The van der Waals surface area contributed by atoms with Crippen LogP contribution in [0, 0.1) is 11.8 Å². The lowest BCUT2D eigenvalue weighted by Gasteiger charge is -2.25. The van der Waals surface area contributed by atoms with E-state index in [2.05, 4.69) is 6.92 Å². The van der Waals surface area contributed by atoms with E-state index >= 15 is 0 Å². The standard InChI is InChI=1S/C20H36O4/c1-3-4-5-6-7-8-9-10-11-16(2)24-20(23)18-14-12-17(13-15-18)19(21)22/h16-18H,3-15H2,1-2H3,(H,21,22). The number of carboxylic acids is 1. The molecule has 1 N–H and O–H groups in total. The Kier molecular flexibility index (Phi) is 10.8. The van der Waals surface area contributed by atoms with E-state index in [4.69, 9.17) is 9.84 Å². The highest BCUT2D eigenvalue weighted by Gasteiger charge is 2.31. The fraction of sp³-hybridized carbons (Fsp3) is 0.900. The topological polar surface area (TPSA) is 63.6 Å². The number of rotatable bonds is 12. The van der Waals surface area contributed by atoms with Crippen LogP contribution in [0.15, 0.2) is 0 Å². The lowest BCUT2D eigenvalue weighted by Crippen LogP contribution is -2.29. The molecule has 4 heteroatoms. The summed E-state index contributed by atoms with van der Waals surface area (Å²) in [7, 11) is 0. The molecular formula is C20H36O4. The summed E-state index contributed by atoms with van der Waals surface area (Å²) in [6, 6.07) is 0. The fourth-order valence-corrected chi connectivity index (χ4v) is 3.50. The molecule has 0 aromatic carbocycles. The molecule has 140 valence electrons. The zero-order valence-electron chi connectivity index (χ0n) is 15.6. The highest BCUT2D eigenvalue weighted by Crippen LogP contribution is 2.30. The van der Waals surface area contributed by atoms with Gasteiger partial charge in [0.05, 0.1) is 17.9 Å². The second-order valence-electron chi connectivity index (χ2n) is 7.40. The Morgan fingerprint density at radius 3 is 1.96 bits per heavy atom. The zero-order chi connectivity index (χ0) is 17.8. The molecule has 0 heterocycles. The summed E-state index contributed by atoms with van der Waals surface area (Å²) in [5, 5.41) is 8.99. The van der Waals surface area contributed by atoms with Crippen LogP contribution in [0.4, 0.5) is 0 Å². The van der Waals surface area contributed by atoms with Gasteiger partial charge in [0.25, 0.3) is 0 Å². The van der Waals surface area contributed by atoms with Gasteiger partial charge in [-0.15, -0.1) is 0 Å². The third-order valence-corrected chi connectivity index (χ3v) is 5.19. The SMILES string of the molecule is CCCCCCCCCCC(C)OC(=O)C1CCC(C(=O)O)CC1. The van der Waals surface area contributed by atoms with Gasteiger partial charge < -0.3 is 9.84 Å². The van der Waals surface area contributed by atoms with Gasteiger partial charge in [-0.25, -0.2) is 0 Å². The molecule has 0 spiro atoms. The van der Waals surface area contributed by atoms with Gasteiger partial charge in [-0.3, -0.25) is 9.59 Å². The van der Waals surface area contributed by atoms with E-state index in [9.17, 15) is 9.59 Å². The molecule has 0 aromatic rings. The van der Waals surface area contributed by atoms with Crippen molar-refractivity contribution in [1.29, 1.82) is 0 Å². The molecule has 1 saturated carbocycles. The van der Waals surface area contributed by atoms with Crippen LogP contribution in [-0.4, -0.2) is 23.1 Å².